The van der Waals surface area contributed by atoms with Crippen LogP contribution in [0.4, 0.5) is 8.78 Å². The van der Waals surface area contributed by atoms with Gasteiger partial charge in [0, 0.05) is 42.5 Å². The first-order chi connectivity index (χ1) is 10.2. The Morgan fingerprint density at radius 2 is 2.14 bits per heavy atom. The van der Waals surface area contributed by atoms with Gasteiger partial charge in [0.15, 0.2) is 0 Å². The van der Waals surface area contributed by atoms with Crippen molar-refractivity contribution in [2.24, 2.45) is 0 Å². The maximum atomic E-state index is 13.7. The fourth-order valence-corrected chi connectivity index (χ4v) is 2.87. The first-order valence-electron chi connectivity index (χ1n) is 7.14. The van der Waals surface area contributed by atoms with Crippen LogP contribution in [-0.4, -0.2) is 28.0 Å². The van der Waals surface area contributed by atoms with Crippen molar-refractivity contribution in [2.75, 3.05) is 13.1 Å². The van der Waals surface area contributed by atoms with Crippen LogP contribution in [0.2, 0.25) is 0 Å². The fourth-order valence-electron chi connectivity index (χ4n) is 2.87. The first kappa shape index (κ1) is 14.1. The number of halogens is 2. The summed E-state index contributed by atoms with van der Waals surface area (Å²) in [7, 11) is 0. The van der Waals surface area contributed by atoms with Gasteiger partial charge in [-0.1, -0.05) is 6.07 Å². The summed E-state index contributed by atoms with van der Waals surface area (Å²) in [4.78, 5) is 10.4. The molecule has 1 fully saturated rings. The van der Waals surface area contributed by atoms with E-state index in [1.165, 1.54) is 12.1 Å². The fraction of sp³-hybridized carbons (Fsp3) is 0.375. The molecule has 0 N–H and O–H groups in total. The van der Waals surface area contributed by atoms with Crippen molar-refractivity contribution in [3.8, 4) is 0 Å². The molecule has 2 heterocycles. The molecule has 0 aliphatic carbocycles. The number of likely N-dealkylation sites (tertiary alicyclic amines) is 1. The van der Waals surface area contributed by atoms with Gasteiger partial charge in [-0.15, -0.1) is 0 Å². The van der Waals surface area contributed by atoms with E-state index in [4.69, 9.17) is 0 Å². The second-order valence-electron chi connectivity index (χ2n) is 5.44. The van der Waals surface area contributed by atoms with E-state index in [2.05, 4.69) is 14.9 Å². The Morgan fingerprint density at radius 3 is 2.90 bits per heavy atom. The summed E-state index contributed by atoms with van der Waals surface area (Å²) in [5, 5.41) is 0. The van der Waals surface area contributed by atoms with Crippen molar-refractivity contribution in [1.82, 2.24) is 14.9 Å². The van der Waals surface area contributed by atoms with Gasteiger partial charge < -0.3 is 0 Å². The van der Waals surface area contributed by atoms with Crippen LogP contribution in [0.3, 0.4) is 0 Å². The highest BCUT2D eigenvalue weighted by atomic mass is 19.1. The second-order valence-corrected chi connectivity index (χ2v) is 5.44. The summed E-state index contributed by atoms with van der Waals surface area (Å²) in [5.74, 6) is -0.654. The van der Waals surface area contributed by atoms with E-state index >= 15 is 0 Å². The van der Waals surface area contributed by atoms with Gasteiger partial charge in [0.25, 0.3) is 0 Å². The second kappa shape index (κ2) is 6.26. The molecule has 1 unspecified atom stereocenters. The molecule has 1 aromatic carbocycles. The molecule has 1 saturated heterocycles. The van der Waals surface area contributed by atoms with E-state index in [1.807, 2.05) is 6.07 Å². The Bertz CT molecular complexity index is 604. The number of aromatic nitrogens is 2. The lowest BCUT2D eigenvalue weighted by Gasteiger charge is -2.32. The number of rotatable bonds is 3. The molecule has 0 amide bonds. The van der Waals surface area contributed by atoms with E-state index in [9.17, 15) is 8.78 Å². The van der Waals surface area contributed by atoms with Crippen molar-refractivity contribution < 1.29 is 8.78 Å². The highest BCUT2D eigenvalue weighted by Crippen LogP contribution is 2.26. The molecule has 21 heavy (non-hydrogen) atoms. The molecule has 2 aromatic rings. The maximum absolute atomic E-state index is 13.7. The van der Waals surface area contributed by atoms with Crippen LogP contribution in [0.5, 0.6) is 0 Å². The molecule has 1 atom stereocenters. The van der Waals surface area contributed by atoms with Gasteiger partial charge in [-0.2, -0.15) is 0 Å². The molecule has 0 bridgehead atoms. The Balaban J connectivity index is 1.69. The summed E-state index contributed by atoms with van der Waals surface area (Å²) in [6.07, 6.45) is 5.45. The summed E-state index contributed by atoms with van der Waals surface area (Å²) < 4.78 is 26.7. The zero-order chi connectivity index (χ0) is 14.7. The molecule has 1 aliphatic heterocycles. The van der Waals surface area contributed by atoms with E-state index in [0.29, 0.717) is 18.0 Å². The third-order valence-corrected chi connectivity index (χ3v) is 3.94. The van der Waals surface area contributed by atoms with E-state index in [-0.39, 0.29) is 0 Å². The molecule has 3 rings (SSSR count). The smallest absolute Gasteiger partial charge is 0.130 e. The average molecular weight is 289 g/mol. The lowest BCUT2D eigenvalue weighted by molar-refractivity contribution is 0.196. The molecule has 1 aliphatic rings. The first-order valence-corrected chi connectivity index (χ1v) is 7.14. The summed E-state index contributed by atoms with van der Waals surface area (Å²) in [6, 6.07) is 5.72. The maximum Gasteiger partial charge on any atom is 0.130 e. The minimum Gasteiger partial charge on any atom is -0.298 e. The molecule has 0 saturated carbocycles. The minimum absolute atomic E-state index is 0.352. The highest BCUT2D eigenvalue weighted by molar-refractivity contribution is 5.19. The molecular weight excluding hydrogens is 272 g/mol. The quantitative estimate of drug-likeness (QED) is 0.869. The summed E-state index contributed by atoms with van der Waals surface area (Å²) in [5.41, 5.74) is 1.58. The lowest BCUT2D eigenvalue weighted by atomic mass is 9.94. The van der Waals surface area contributed by atoms with Gasteiger partial charge in [0.05, 0.1) is 0 Å². The van der Waals surface area contributed by atoms with Crippen LogP contribution in [0.1, 0.15) is 30.0 Å². The van der Waals surface area contributed by atoms with Crippen molar-refractivity contribution in [3.05, 3.63) is 59.7 Å². The van der Waals surface area contributed by atoms with Gasteiger partial charge in [0.1, 0.15) is 18.0 Å². The van der Waals surface area contributed by atoms with Crippen LogP contribution < -0.4 is 0 Å². The molecule has 1 aromatic heterocycles. The normalized spacial score (nSPS) is 19.6. The van der Waals surface area contributed by atoms with E-state index in [0.717, 1.165) is 37.7 Å². The molecule has 3 nitrogen and oxygen atoms in total. The van der Waals surface area contributed by atoms with Gasteiger partial charge in [-0.05, 0) is 31.5 Å². The number of benzene rings is 1. The van der Waals surface area contributed by atoms with Crippen LogP contribution in [-0.2, 0) is 6.54 Å². The Hall–Kier alpha value is -1.88. The molecule has 0 spiro atoms. The number of hydrogen-bond acceptors (Lipinski definition) is 3. The summed E-state index contributed by atoms with van der Waals surface area (Å²) in [6.45, 7) is 2.28. The zero-order valence-corrected chi connectivity index (χ0v) is 11.7. The molecular formula is C16H17F2N3. The Morgan fingerprint density at radius 1 is 1.24 bits per heavy atom. The molecule has 0 radical (unpaired) electrons. The third kappa shape index (κ3) is 3.42. The largest absolute Gasteiger partial charge is 0.298 e. The van der Waals surface area contributed by atoms with Gasteiger partial charge >= 0.3 is 0 Å². The van der Waals surface area contributed by atoms with Crippen LogP contribution in [0, 0.1) is 11.6 Å². The van der Waals surface area contributed by atoms with E-state index in [1.54, 1.807) is 12.5 Å². The zero-order valence-electron chi connectivity index (χ0n) is 11.7. The van der Waals surface area contributed by atoms with Crippen LogP contribution >= 0.6 is 0 Å². The van der Waals surface area contributed by atoms with Gasteiger partial charge in [0.2, 0.25) is 0 Å². The lowest BCUT2D eigenvalue weighted by Crippen LogP contribution is -2.34. The van der Waals surface area contributed by atoms with Crippen molar-refractivity contribution in [1.29, 1.82) is 0 Å². The third-order valence-electron chi connectivity index (χ3n) is 3.94. The Kier molecular flexibility index (Phi) is 4.20. The minimum atomic E-state index is -0.534. The Labute approximate surface area is 122 Å². The van der Waals surface area contributed by atoms with E-state index < -0.39 is 11.6 Å². The topological polar surface area (TPSA) is 29.0 Å². The van der Waals surface area contributed by atoms with Crippen molar-refractivity contribution >= 4 is 0 Å². The van der Waals surface area contributed by atoms with Crippen molar-refractivity contribution in [3.63, 3.8) is 0 Å². The average Bonchev–Trinajstić information content (AvgIpc) is 2.51. The molecule has 5 heteroatoms. The van der Waals surface area contributed by atoms with Gasteiger partial charge in [-0.25, -0.2) is 18.7 Å². The molecule has 110 valence electrons. The predicted molar refractivity (Wildman–Crippen MR) is 75.6 cm³/mol. The van der Waals surface area contributed by atoms with Crippen molar-refractivity contribution in [2.45, 2.75) is 25.3 Å². The van der Waals surface area contributed by atoms with Crippen LogP contribution in [0.25, 0.3) is 0 Å². The summed E-state index contributed by atoms with van der Waals surface area (Å²) >= 11 is 0. The SMILES string of the molecule is Fc1ccc(CN2CCCC(c3ccncn3)C2)c(F)c1. The monoisotopic (exact) mass is 289 g/mol. The van der Waals surface area contributed by atoms with Gasteiger partial charge in [-0.3, -0.25) is 4.90 Å². The number of nitrogens with zero attached hydrogens (tertiary/aromatic N) is 3. The van der Waals surface area contributed by atoms with Crippen LogP contribution in [0.15, 0.2) is 36.8 Å². The predicted octanol–water partition coefficient (Wildman–Crippen LogP) is 3.13. The standard InChI is InChI=1S/C16H17F2N3/c17-14-4-3-12(15(18)8-14)9-21-7-1-2-13(10-21)16-5-6-19-11-20-16/h3-6,8,11,13H,1-2,7,9-10H2. The highest BCUT2D eigenvalue weighted by Gasteiger charge is 2.22. The number of hydrogen-bond donors (Lipinski definition) is 0. The number of piperidine rings is 1.